The van der Waals surface area contributed by atoms with Crippen molar-refractivity contribution in [2.75, 3.05) is 7.05 Å². The van der Waals surface area contributed by atoms with Crippen molar-refractivity contribution < 1.29 is 14.3 Å². The summed E-state index contributed by atoms with van der Waals surface area (Å²) < 4.78 is 11.3. The van der Waals surface area contributed by atoms with Crippen LogP contribution in [-0.2, 0) is 14.3 Å². The van der Waals surface area contributed by atoms with Gasteiger partial charge in [0.1, 0.15) is 18.3 Å². The first-order valence-corrected chi connectivity index (χ1v) is 7.48. The lowest BCUT2D eigenvalue weighted by atomic mass is 9.99. The molecule has 0 spiro atoms. The zero-order valence-electron chi connectivity index (χ0n) is 12.5. The number of likely N-dealkylation sites (N-methyl/N-ethyl adjacent to an activating group) is 1. The Morgan fingerprint density at radius 3 is 2.41 bits per heavy atom. The smallest absolute Gasteiger partial charge is 0.338 e. The summed E-state index contributed by atoms with van der Waals surface area (Å²) in [6.07, 6.45) is 2.44. The molecule has 118 valence electrons. The standard InChI is InChI=1S/C17H19NO3.ClH/c1-10(11-6-4-3-5-7-11)17(19)20-12-8-13-15-16(21-15)14(9-12)18(13)2;/h3-7,12-16H,1,8-9H2,2H3;1H/t12?,13-,14+,15-,16+;. The maximum Gasteiger partial charge on any atom is 0.338 e. The lowest BCUT2D eigenvalue weighted by molar-refractivity contribution is -0.146. The van der Waals surface area contributed by atoms with Gasteiger partial charge in [0.2, 0.25) is 0 Å². The van der Waals surface area contributed by atoms with Crippen LogP contribution in [-0.4, -0.2) is 48.3 Å². The first-order valence-electron chi connectivity index (χ1n) is 7.48. The number of morpholine rings is 1. The van der Waals surface area contributed by atoms with Crippen molar-refractivity contribution in [1.82, 2.24) is 4.90 Å². The van der Waals surface area contributed by atoms with Gasteiger partial charge in [-0.1, -0.05) is 36.9 Å². The molecule has 22 heavy (non-hydrogen) atoms. The number of esters is 1. The molecule has 4 rings (SSSR count). The zero-order valence-corrected chi connectivity index (χ0v) is 13.3. The van der Waals surface area contributed by atoms with Gasteiger partial charge in [-0.15, -0.1) is 12.4 Å². The van der Waals surface area contributed by atoms with Crippen LogP contribution in [0.2, 0.25) is 0 Å². The molecule has 5 heteroatoms. The molecule has 0 N–H and O–H groups in total. The third kappa shape index (κ3) is 2.45. The number of hydrogen-bond acceptors (Lipinski definition) is 4. The summed E-state index contributed by atoms with van der Waals surface area (Å²) >= 11 is 0. The van der Waals surface area contributed by atoms with E-state index in [2.05, 4.69) is 18.5 Å². The normalized spacial score (nSPS) is 35.2. The Labute approximate surface area is 136 Å². The SMILES string of the molecule is C=C(C(=O)OC1C[C@@H]2[C@H]3O[C@H]3[C@H](C1)N2C)c1ccccc1.Cl. The highest BCUT2D eigenvalue weighted by Gasteiger charge is 2.62. The van der Waals surface area contributed by atoms with Crippen LogP contribution in [0.4, 0.5) is 0 Å². The number of fused-ring (bicyclic) bond motifs is 5. The summed E-state index contributed by atoms with van der Waals surface area (Å²) in [5, 5.41) is 0. The van der Waals surface area contributed by atoms with Crippen molar-refractivity contribution in [2.24, 2.45) is 0 Å². The van der Waals surface area contributed by atoms with Gasteiger partial charge in [0.05, 0.1) is 5.57 Å². The van der Waals surface area contributed by atoms with Crippen LogP contribution in [0.25, 0.3) is 5.57 Å². The minimum absolute atomic E-state index is 0. The second-order valence-corrected chi connectivity index (χ2v) is 6.21. The van der Waals surface area contributed by atoms with E-state index >= 15 is 0 Å². The van der Waals surface area contributed by atoms with E-state index in [9.17, 15) is 4.79 Å². The average Bonchev–Trinajstić information content (AvgIpc) is 3.25. The number of carbonyl (C=O) groups excluding carboxylic acids is 1. The number of nitrogens with zero attached hydrogens (tertiary/aromatic N) is 1. The number of halogens is 1. The minimum Gasteiger partial charge on any atom is -0.459 e. The van der Waals surface area contributed by atoms with Crippen molar-refractivity contribution in [1.29, 1.82) is 0 Å². The summed E-state index contributed by atoms with van der Waals surface area (Å²) in [5.74, 6) is -0.301. The first kappa shape index (κ1) is 15.5. The molecule has 5 atom stereocenters. The van der Waals surface area contributed by atoms with Gasteiger partial charge in [0.15, 0.2) is 0 Å². The van der Waals surface area contributed by atoms with E-state index in [4.69, 9.17) is 9.47 Å². The second-order valence-electron chi connectivity index (χ2n) is 6.21. The van der Waals surface area contributed by atoms with Gasteiger partial charge < -0.3 is 9.47 Å². The molecule has 1 unspecified atom stereocenters. The topological polar surface area (TPSA) is 42.1 Å². The number of hydrogen-bond donors (Lipinski definition) is 0. The predicted molar refractivity (Wildman–Crippen MR) is 85.8 cm³/mol. The molecule has 0 aliphatic carbocycles. The maximum absolute atomic E-state index is 12.3. The highest BCUT2D eigenvalue weighted by molar-refractivity contribution is 6.15. The Kier molecular flexibility index (Phi) is 4.02. The summed E-state index contributed by atoms with van der Waals surface area (Å²) in [7, 11) is 2.14. The molecule has 3 saturated heterocycles. The van der Waals surface area contributed by atoms with Crippen molar-refractivity contribution in [3.05, 3.63) is 42.5 Å². The third-order valence-corrected chi connectivity index (χ3v) is 5.02. The van der Waals surface area contributed by atoms with Crippen LogP contribution in [0, 0.1) is 0 Å². The highest BCUT2D eigenvalue weighted by Crippen LogP contribution is 2.48. The molecule has 0 amide bonds. The molecule has 1 aromatic carbocycles. The summed E-state index contributed by atoms with van der Waals surface area (Å²) in [6.45, 7) is 3.87. The Morgan fingerprint density at radius 1 is 1.23 bits per heavy atom. The number of ether oxygens (including phenoxy) is 2. The fourth-order valence-corrected chi connectivity index (χ4v) is 3.78. The summed E-state index contributed by atoms with van der Waals surface area (Å²) in [4.78, 5) is 14.6. The van der Waals surface area contributed by atoms with Gasteiger partial charge >= 0.3 is 5.97 Å². The van der Waals surface area contributed by atoms with Gasteiger partial charge in [-0.05, 0) is 12.6 Å². The molecule has 3 heterocycles. The quantitative estimate of drug-likeness (QED) is 0.486. The van der Waals surface area contributed by atoms with E-state index in [-0.39, 0.29) is 24.5 Å². The number of rotatable bonds is 3. The van der Waals surface area contributed by atoms with Crippen LogP contribution in [0.3, 0.4) is 0 Å². The average molecular weight is 322 g/mol. The fourth-order valence-electron chi connectivity index (χ4n) is 3.78. The van der Waals surface area contributed by atoms with E-state index in [0.29, 0.717) is 29.9 Å². The minimum atomic E-state index is -0.301. The molecule has 1 aromatic rings. The molecule has 2 bridgehead atoms. The predicted octanol–water partition coefficient (Wildman–Crippen LogP) is 2.28. The summed E-state index contributed by atoms with van der Waals surface area (Å²) in [5.41, 5.74) is 1.26. The van der Waals surface area contributed by atoms with Crippen molar-refractivity contribution >= 4 is 23.9 Å². The van der Waals surface area contributed by atoms with E-state index in [1.165, 1.54) is 0 Å². The van der Waals surface area contributed by atoms with E-state index in [1.807, 2.05) is 30.3 Å². The molecule has 0 saturated carbocycles. The van der Waals surface area contributed by atoms with Gasteiger partial charge in [0.25, 0.3) is 0 Å². The van der Waals surface area contributed by atoms with E-state index < -0.39 is 0 Å². The van der Waals surface area contributed by atoms with E-state index in [1.54, 1.807) is 0 Å². The lowest BCUT2D eigenvalue weighted by Gasteiger charge is -2.37. The van der Waals surface area contributed by atoms with E-state index in [0.717, 1.165) is 18.4 Å². The number of epoxide rings is 1. The molecule has 3 fully saturated rings. The van der Waals surface area contributed by atoms with Crippen LogP contribution >= 0.6 is 12.4 Å². The van der Waals surface area contributed by atoms with Crippen LogP contribution in [0.5, 0.6) is 0 Å². The number of benzene rings is 1. The molecule has 3 aliphatic rings. The van der Waals surface area contributed by atoms with Crippen molar-refractivity contribution in [2.45, 2.75) is 43.2 Å². The number of carbonyl (C=O) groups is 1. The van der Waals surface area contributed by atoms with Gasteiger partial charge in [-0.2, -0.15) is 0 Å². The first-order chi connectivity index (χ1) is 10.1. The van der Waals surface area contributed by atoms with Gasteiger partial charge in [0, 0.05) is 24.9 Å². The Morgan fingerprint density at radius 2 is 1.82 bits per heavy atom. The molecular weight excluding hydrogens is 302 g/mol. The third-order valence-electron chi connectivity index (χ3n) is 5.02. The Hall–Kier alpha value is -1.36. The largest absolute Gasteiger partial charge is 0.459 e. The molecular formula is C17H20ClNO3. The lowest BCUT2D eigenvalue weighted by Crippen LogP contribution is -2.47. The highest BCUT2D eigenvalue weighted by atomic mass is 35.5. The molecule has 0 radical (unpaired) electrons. The molecule has 3 aliphatic heterocycles. The fraction of sp³-hybridized carbons (Fsp3) is 0.471. The van der Waals surface area contributed by atoms with Crippen molar-refractivity contribution in [3.63, 3.8) is 0 Å². The van der Waals surface area contributed by atoms with Crippen LogP contribution < -0.4 is 0 Å². The maximum atomic E-state index is 12.3. The molecule has 0 aromatic heterocycles. The number of piperidine rings is 1. The van der Waals surface area contributed by atoms with Gasteiger partial charge in [-0.25, -0.2) is 4.79 Å². The zero-order chi connectivity index (χ0) is 14.6. The van der Waals surface area contributed by atoms with Crippen molar-refractivity contribution in [3.8, 4) is 0 Å². The summed E-state index contributed by atoms with van der Waals surface area (Å²) in [6, 6.07) is 10.3. The van der Waals surface area contributed by atoms with Crippen LogP contribution in [0.15, 0.2) is 36.9 Å². The van der Waals surface area contributed by atoms with Crippen LogP contribution in [0.1, 0.15) is 18.4 Å². The van der Waals surface area contributed by atoms with Gasteiger partial charge in [-0.3, -0.25) is 4.90 Å². The Bertz CT molecular complexity index is 573. The Balaban J connectivity index is 0.00000144. The second kappa shape index (κ2) is 5.69. The molecule has 4 nitrogen and oxygen atoms in total. The monoisotopic (exact) mass is 321 g/mol.